The second kappa shape index (κ2) is 3.14. The average molecular weight is 122 g/mol. The van der Waals surface area contributed by atoms with Gasteiger partial charge in [0.2, 0.25) is 0 Å². The van der Waals surface area contributed by atoms with Crippen LogP contribution >= 0.6 is 0 Å². The minimum absolute atomic E-state index is 0.909. The topological polar surface area (TPSA) is 20.2 Å². The third kappa shape index (κ3) is 7.04. The number of hydrogen-bond acceptors (Lipinski definition) is 1. The number of allylic oxidation sites excluding steroid dienone is 1. The highest BCUT2D eigenvalue weighted by molar-refractivity contribution is 5.19. The van der Waals surface area contributed by atoms with Gasteiger partial charge in [-0.2, -0.15) is 0 Å². The molecule has 0 fully saturated rings. The molecule has 0 aromatic rings. The van der Waals surface area contributed by atoms with E-state index >= 15 is 0 Å². The Morgan fingerprint density at radius 2 is 2.11 bits per heavy atom. The molecule has 0 aromatic heterocycles. The Bertz CT molecular complexity index is 179. The molecule has 1 N–H and O–H groups in total. The molecule has 0 spiro atoms. The smallest absolute Gasteiger partial charge is 0.120 e. The summed E-state index contributed by atoms with van der Waals surface area (Å²) < 4.78 is 0. The minimum atomic E-state index is -0.909. The zero-order valence-electron chi connectivity index (χ0n) is 5.73. The standard InChI is InChI=1S/C8H10O/c1-4-5-6-7-8(2,3)9/h5,9H,1H2,2-3H3. The van der Waals surface area contributed by atoms with Crippen LogP contribution in [-0.4, -0.2) is 10.7 Å². The van der Waals surface area contributed by atoms with Crippen LogP contribution in [0.2, 0.25) is 0 Å². The first kappa shape index (κ1) is 8.04. The molecule has 0 aliphatic rings. The van der Waals surface area contributed by atoms with Crippen LogP contribution in [0.15, 0.2) is 18.4 Å². The molecule has 0 bridgehead atoms. The van der Waals surface area contributed by atoms with E-state index in [0.717, 1.165) is 0 Å². The van der Waals surface area contributed by atoms with Gasteiger partial charge in [-0.3, -0.25) is 0 Å². The van der Waals surface area contributed by atoms with E-state index in [4.69, 9.17) is 5.11 Å². The second-order valence-electron chi connectivity index (χ2n) is 2.18. The molecule has 1 heteroatoms. The maximum Gasteiger partial charge on any atom is 0.120 e. The SMILES string of the molecule is C=C=CC#CC(C)(C)O. The highest BCUT2D eigenvalue weighted by atomic mass is 16.3. The van der Waals surface area contributed by atoms with E-state index in [1.807, 2.05) is 0 Å². The van der Waals surface area contributed by atoms with Crippen molar-refractivity contribution in [2.75, 3.05) is 0 Å². The predicted molar refractivity (Wildman–Crippen MR) is 37.8 cm³/mol. The third-order valence-electron chi connectivity index (χ3n) is 0.552. The average Bonchev–Trinajstić information content (AvgIpc) is 1.63. The van der Waals surface area contributed by atoms with Crippen LogP contribution in [0.25, 0.3) is 0 Å². The van der Waals surface area contributed by atoms with Crippen LogP contribution in [0.3, 0.4) is 0 Å². The van der Waals surface area contributed by atoms with Gasteiger partial charge >= 0.3 is 0 Å². The van der Waals surface area contributed by atoms with Gasteiger partial charge in [0.1, 0.15) is 5.60 Å². The van der Waals surface area contributed by atoms with Crippen LogP contribution in [0, 0.1) is 11.8 Å². The van der Waals surface area contributed by atoms with Gasteiger partial charge < -0.3 is 5.11 Å². The summed E-state index contributed by atoms with van der Waals surface area (Å²) in [4.78, 5) is 0. The van der Waals surface area contributed by atoms with Crippen molar-refractivity contribution in [2.45, 2.75) is 19.4 Å². The molecule has 0 radical (unpaired) electrons. The predicted octanol–water partition coefficient (Wildman–Crippen LogP) is 1.10. The van der Waals surface area contributed by atoms with E-state index in [1.54, 1.807) is 13.8 Å². The Kier molecular flexibility index (Phi) is 2.81. The van der Waals surface area contributed by atoms with Gasteiger partial charge in [0.15, 0.2) is 0 Å². The first-order valence-electron chi connectivity index (χ1n) is 2.65. The van der Waals surface area contributed by atoms with E-state index in [9.17, 15) is 0 Å². The molecule has 0 atom stereocenters. The minimum Gasteiger partial charge on any atom is -0.378 e. The Labute approximate surface area is 55.7 Å². The van der Waals surface area contributed by atoms with Crippen molar-refractivity contribution in [3.63, 3.8) is 0 Å². The van der Waals surface area contributed by atoms with Crippen LogP contribution < -0.4 is 0 Å². The Morgan fingerprint density at radius 1 is 1.56 bits per heavy atom. The lowest BCUT2D eigenvalue weighted by Gasteiger charge is -2.04. The summed E-state index contributed by atoms with van der Waals surface area (Å²) in [6.45, 7) is 6.56. The van der Waals surface area contributed by atoms with E-state index in [-0.39, 0.29) is 0 Å². The summed E-state index contributed by atoms with van der Waals surface area (Å²) >= 11 is 0. The summed E-state index contributed by atoms with van der Waals surface area (Å²) in [5.74, 6) is 5.15. The summed E-state index contributed by atoms with van der Waals surface area (Å²) in [6.07, 6.45) is 1.47. The van der Waals surface area contributed by atoms with Crippen molar-refractivity contribution >= 4 is 0 Å². The number of rotatable bonds is 0. The van der Waals surface area contributed by atoms with E-state index in [0.29, 0.717) is 0 Å². The molecule has 0 aromatic carbocycles. The zero-order valence-corrected chi connectivity index (χ0v) is 5.73. The van der Waals surface area contributed by atoms with Crippen molar-refractivity contribution in [2.24, 2.45) is 0 Å². The maximum absolute atomic E-state index is 9.00. The van der Waals surface area contributed by atoms with Crippen molar-refractivity contribution in [3.8, 4) is 11.8 Å². The van der Waals surface area contributed by atoms with Gasteiger partial charge in [-0.1, -0.05) is 18.4 Å². The van der Waals surface area contributed by atoms with Gasteiger partial charge in [0.25, 0.3) is 0 Å². The van der Waals surface area contributed by atoms with Gasteiger partial charge in [-0.25, -0.2) is 0 Å². The number of hydrogen-bond donors (Lipinski definition) is 1. The molecule has 0 amide bonds. The van der Waals surface area contributed by atoms with Gasteiger partial charge in [-0.15, -0.1) is 5.73 Å². The lowest BCUT2D eigenvalue weighted by atomic mass is 10.1. The van der Waals surface area contributed by atoms with Gasteiger partial charge in [0.05, 0.1) is 0 Å². The highest BCUT2D eigenvalue weighted by Gasteiger charge is 2.04. The third-order valence-corrected chi connectivity index (χ3v) is 0.552. The zero-order chi connectivity index (χ0) is 7.33. The molecular weight excluding hydrogens is 112 g/mol. The molecule has 0 unspecified atom stereocenters. The van der Waals surface area contributed by atoms with Crippen molar-refractivity contribution in [1.29, 1.82) is 0 Å². The first-order valence-corrected chi connectivity index (χ1v) is 2.65. The Balaban J connectivity index is 4.03. The molecule has 0 rings (SSSR count). The van der Waals surface area contributed by atoms with Crippen LogP contribution in [-0.2, 0) is 0 Å². The molecule has 48 valence electrons. The van der Waals surface area contributed by atoms with Gasteiger partial charge in [0, 0.05) is 6.08 Å². The largest absolute Gasteiger partial charge is 0.378 e. The summed E-state index contributed by atoms with van der Waals surface area (Å²) in [5.41, 5.74) is 1.57. The summed E-state index contributed by atoms with van der Waals surface area (Å²) in [7, 11) is 0. The van der Waals surface area contributed by atoms with Crippen LogP contribution in [0.1, 0.15) is 13.8 Å². The fourth-order valence-corrected chi connectivity index (χ4v) is 0.264. The summed E-state index contributed by atoms with van der Waals surface area (Å²) in [6, 6.07) is 0. The van der Waals surface area contributed by atoms with Gasteiger partial charge in [-0.05, 0) is 13.8 Å². The van der Waals surface area contributed by atoms with Crippen molar-refractivity contribution in [3.05, 3.63) is 18.4 Å². The molecule has 0 saturated carbocycles. The molecule has 0 aliphatic heterocycles. The molecule has 0 aliphatic carbocycles. The quantitative estimate of drug-likeness (QED) is 0.377. The van der Waals surface area contributed by atoms with Crippen molar-refractivity contribution < 1.29 is 5.11 Å². The van der Waals surface area contributed by atoms with E-state index in [2.05, 4.69) is 24.2 Å². The fraction of sp³-hybridized carbons (Fsp3) is 0.375. The number of aliphatic hydroxyl groups is 1. The first-order chi connectivity index (χ1) is 4.06. The van der Waals surface area contributed by atoms with Crippen LogP contribution in [0.5, 0.6) is 0 Å². The van der Waals surface area contributed by atoms with Crippen molar-refractivity contribution in [1.82, 2.24) is 0 Å². The highest BCUT2D eigenvalue weighted by Crippen LogP contribution is 1.95. The molecule has 0 saturated heterocycles. The molecular formula is C8H10O. The fourth-order valence-electron chi connectivity index (χ4n) is 0.264. The monoisotopic (exact) mass is 122 g/mol. The van der Waals surface area contributed by atoms with E-state index in [1.165, 1.54) is 6.08 Å². The van der Waals surface area contributed by atoms with Crippen LogP contribution in [0.4, 0.5) is 0 Å². The second-order valence-corrected chi connectivity index (χ2v) is 2.18. The van der Waals surface area contributed by atoms with E-state index < -0.39 is 5.60 Å². The Hall–Kier alpha value is -0.960. The molecule has 9 heavy (non-hydrogen) atoms. The normalized spacial score (nSPS) is 8.78. The summed E-state index contributed by atoms with van der Waals surface area (Å²) in [5, 5.41) is 9.00. The maximum atomic E-state index is 9.00. The molecule has 1 nitrogen and oxygen atoms in total. The molecule has 0 heterocycles. The Morgan fingerprint density at radius 3 is 2.44 bits per heavy atom. The lowest BCUT2D eigenvalue weighted by molar-refractivity contribution is 0.143. The lowest BCUT2D eigenvalue weighted by Crippen LogP contribution is -2.14.